The minimum absolute atomic E-state index is 0.0550. The van der Waals surface area contributed by atoms with Gasteiger partial charge < -0.3 is 9.47 Å². The van der Waals surface area contributed by atoms with E-state index in [2.05, 4.69) is 0 Å². The zero-order chi connectivity index (χ0) is 12.8. The molecule has 1 saturated carbocycles. The summed E-state index contributed by atoms with van der Waals surface area (Å²) in [6, 6.07) is 7.63. The Morgan fingerprint density at radius 1 is 1.22 bits per heavy atom. The highest BCUT2D eigenvalue weighted by Crippen LogP contribution is 2.25. The molecule has 0 unspecified atom stereocenters. The molecule has 1 aromatic carbocycles. The highest BCUT2D eigenvalue weighted by molar-refractivity contribution is 5.72. The predicted octanol–water partition coefficient (Wildman–Crippen LogP) is 3.32. The monoisotopic (exact) mass is 248 g/mol. The minimum atomic E-state index is -0.0550. The third-order valence-electron chi connectivity index (χ3n) is 3.50. The number of hydrogen-bond donors (Lipinski definition) is 0. The molecule has 0 radical (unpaired) electrons. The SMILES string of the molecule is COc1ccccc1COC(=O)C1CCCCC1. The van der Waals surface area contributed by atoms with Crippen molar-refractivity contribution in [2.75, 3.05) is 7.11 Å². The van der Waals surface area contributed by atoms with E-state index in [1.807, 2.05) is 24.3 Å². The molecular formula is C15H20O3. The lowest BCUT2D eigenvalue weighted by atomic mass is 9.89. The van der Waals surface area contributed by atoms with Crippen LogP contribution in [0.2, 0.25) is 0 Å². The lowest BCUT2D eigenvalue weighted by Gasteiger charge is -2.20. The van der Waals surface area contributed by atoms with Crippen molar-refractivity contribution in [2.45, 2.75) is 38.7 Å². The van der Waals surface area contributed by atoms with Gasteiger partial charge in [-0.15, -0.1) is 0 Å². The molecule has 0 saturated heterocycles. The molecule has 0 atom stereocenters. The molecule has 3 heteroatoms. The van der Waals surface area contributed by atoms with Gasteiger partial charge in [0, 0.05) is 5.56 Å². The first-order valence-corrected chi connectivity index (χ1v) is 6.60. The maximum absolute atomic E-state index is 11.9. The van der Waals surface area contributed by atoms with Crippen LogP contribution in [0.3, 0.4) is 0 Å². The molecule has 0 aromatic heterocycles. The average molecular weight is 248 g/mol. The summed E-state index contributed by atoms with van der Waals surface area (Å²) >= 11 is 0. The average Bonchev–Trinajstić information content (AvgIpc) is 2.46. The van der Waals surface area contributed by atoms with Crippen LogP contribution in [0, 0.1) is 5.92 Å². The zero-order valence-electron chi connectivity index (χ0n) is 10.9. The molecule has 3 nitrogen and oxygen atoms in total. The van der Waals surface area contributed by atoms with Crippen LogP contribution in [0.15, 0.2) is 24.3 Å². The van der Waals surface area contributed by atoms with Gasteiger partial charge in [-0.1, -0.05) is 37.5 Å². The van der Waals surface area contributed by atoms with E-state index in [1.165, 1.54) is 6.42 Å². The predicted molar refractivity (Wildman–Crippen MR) is 69.4 cm³/mol. The van der Waals surface area contributed by atoms with E-state index in [-0.39, 0.29) is 11.9 Å². The smallest absolute Gasteiger partial charge is 0.309 e. The van der Waals surface area contributed by atoms with Crippen molar-refractivity contribution in [1.29, 1.82) is 0 Å². The number of carbonyl (C=O) groups excluding carboxylic acids is 1. The first-order valence-electron chi connectivity index (χ1n) is 6.60. The highest BCUT2D eigenvalue weighted by Gasteiger charge is 2.22. The summed E-state index contributed by atoms with van der Waals surface area (Å²) in [5.74, 6) is 0.822. The fourth-order valence-corrected chi connectivity index (χ4v) is 2.43. The van der Waals surface area contributed by atoms with Crippen LogP contribution in [0.25, 0.3) is 0 Å². The van der Waals surface area contributed by atoms with E-state index < -0.39 is 0 Å². The van der Waals surface area contributed by atoms with E-state index in [9.17, 15) is 4.79 Å². The molecule has 0 bridgehead atoms. The highest BCUT2D eigenvalue weighted by atomic mass is 16.5. The van der Waals surface area contributed by atoms with Crippen molar-refractivity contribution in [2.24, 2.45) is 5.92 Å². The van der Waals surface area contributed by atoms with Crippen LogP contribution in [0.1, 0.15) is 37.7 Å². The summed E-state index contributed by atoms with van der Waals surface area (Å²) in [6.07, 6.45) is 5.49. The van der Waals surface area contributed by atoms with Gasteiger partial charge in [-0.25, -0.2) is 0 Å². The van der Waals surface area contributed by atoms with Gasteiger partial charge in [0.25, 0.3) is 0 Å². The van der Waals surface area contributed by atoms with Gasteiger partial charge in [-0.2, -0.15) is 0 Å². The maximum Gasteiger partial charge on any atom is 0.309 e. The fraction of sp³-hybridized carbons (Fsp3) is 0.533. The molecule has 1 aromatic rings. The third kappa shape index (κ3) is 3.25. The number of carbonyl (C=O) groups is 1. The quantitative estimate of drug-likeness (QED) is 0.767. The topological polar surface area (TPSA) is 35.5 Å². The molecule has 2 rings (SSSR count). The largest absolute Gasteiger partial charge is 0.496 e. The molecule has 1 fully saturated rings. The number of rotatable bonds is 4. The van der Waals surface area contributed by atoms with Crippen molar-refractivity contribution >= 4 is 5.97 Å². The molecule has 0 heterocycles. The Hall–Kier alpha value is -1.51. The molecule has 98 valence electrons. The molecule has 1 aliphatic rings. The van der Waals surface area contributed by atoms with Crippen molar-refractivity contribution in [3.05, 3.63) is 29.8 Å². The summed E-state index contributed by atoms with van der Waals surface area (Å²) < 4.78 is 10.6. The van der Waals surface area contributed by atoms with E-state index in [4.69, 9.17) is 9.47 Å². The van der Waals surface area contributed by atoms with Gasteiger partial charge >= 0.3 is 5.97 Å². The van der Waals surface area contributed by atoms with Crippen molar-refractivity contribution in [1.82, 2.24) is 0 Å². The Morgan fingerprint density at radius 2 is 1.94 bits per heavy atom. The molecular weight excluding hydrogens is 228 g/mol. The summed E-state index contributed by atoms with van der Waals surface area (Å²) in [5.41, 5.74) is 0.921. The number of ether oxygens (including phenoxy) is 2. The second kappa shape index (κ2) is 6.43. The number of esters is 1. The number of methoxy groups -OCH3 is 1. The Kier molecular flexibility index (Phi) is 4.62. The maximum atomic E-state index is 11.9. The first kappa shape index (κ1) is 12.9. The molecule has 18 heavy (non-hydrogen) atoms. The number of hydrogen-bond acceptors (Lipinski definition) is 3. The second-order valence-electron chi connectivity index (χ2n) is 4.75. The molecule has 0 spiro atoms. The van der Waals surface area contributed by atoms with Gasteiger partial charge in [-0.3, -0.25) is 4.79 Å². The normalized spacial score (nSPS) is 16.3. The fourth-order valence-electron chi connectivity index (χ4n) is 2.43. The van der Waals surface area contributed by atoms with Crippen LogP contribution in [0.5, 0.6) is 5.75 Å². The Morgan fingerprint density at radius 3 is 2.67 bits per heavy atom. The third-order valence-corrected chi connectivity index (χ3v) is 3.50. The van der Waals surface area contributed by atoms with Crippen LogP contribution in [0.4, 0.5) is 0 Å². The first-order chi connectivity index (χ1) is 8.81. The summed E-state index contributed by atoms with van der Waals surface area (Å²) in [6.45, 7) is 0.305. The molecule has 0 N–H and O–H groups in total. The van der Waals surface area contributed by atoms with Crippen LogP contribution in [-0.2, 0) is 16.1 Å². The van der Waals surface area contributed by atoms with Gasteiger partial charge in [0.15, 0.2) is 0 Å². The van der Waals surface area contributed by atoms with Gasteiger partial charge in [0.05, 0.1) is 13.0 Å². The van der Waals surface area contributed by atoms with E-state index >= 15 is 0 Å². The van der Waals surface area contributed by atoms with Crippen LogP contribution >= 0.6 is 0 Å². The lowest BCUT2D eigenvalue weighted by Crippen LogP contribution is -2.20. The van der Waals surface area contributed by atoms with Gasteiger partial charge in [-0.05, 0) is 18.9 Å². The Labute approximate surface area is 108 Å². The second-order valence-corrected chi connectivity index (χ2v) is 4.75. The number of para-hydroxylation sites is 1. The van der Waals surface area contributed by atoms with Gasteiger partial charge in [0.2, 0.25) is 0 Å². The van der Waals surface area contributed by atoms with Crippen molar-refractivity contribution in [3.63, 3.8) is 0 Å². The van der Waals surface area contributed by atoms with Crippen molar-refractivity contribution in [3.8, 4) is 5.75 Å². The Bertz CT molecular complexity index is 394. The summed E-state index contributed by atoms with van der Waals surface area (Å²) in [4.78, 5) is 11.9. The van der Waals surface area contributed by atoms with E-state index in [1.54, 1.807) is 7.11 Å². The molecule has 0 aliphatic heterocycles. The minimum Gasteiger partial charge on any atom is -0.496 e. The number of benzene rings is 1. The van der Waals surface area contributed by atoms with Crippen LogP contribution in [-0.4, -0.2) is 13.1 Å². The summed E-state index contributed by atoms with van der Waals surface area (Å²) in [7, 11) is 1.63. The van der Waals surface area contributed by atoms with E-state index in [0.717, 1.165) is 37.0 Å². The zero-order valence-corrected chi connectivity index (χ0v) is 10.9. The molecule has 0 amide bonds. The van der Waals surface area contributed by atoms with E-state index in [0.29, 0.717) is 6.61 Å². The lowest BCUT2D eigenvalue weighted by molar-refractivity contribution is -0.151. The Balaban J connectivity index is 1.88. The standard InChI is InChI=1S/C15H20O3/c1-17-14-10-6-5-9-13(14)11-18-15(16)12-7-3-2-4-8-12/h5-6,9-10,12H,2-4,7-8,11H2,1H3. The summed E-state index contributed by atoms with van der Waals surface area (Å²) in [5, 5.41) is 0. The van der Waals surface area contributed by atoms with Crippen molar-refractivity contribution < 1.29 is 14.3 Å². The molecule has 1 aliphatic carbocycles. The van der Waals surface area contributed by atoms with Gasteiger partial charge in [0.1, 0.15) is 12.4 Å². The van der Waals surface area contributed by atoms with Crippen LogP contribution < -0.4 is 4.74 Å².